The highest BCUT2D eigenvalue weighted by Gasteiger charge is 1.99. The number of hydrogen-bond donors (Lipinski definition) is 2. The third-order valence-corrected chi connectivity index (χ3v) is 1.84. The number of aromatic amines is 1. The summed E-state index contributed by atoms with van der Waals surface area (Å²) in [4.78, 5) is 13.2. The van der Waals surface area contributed by atoms with Gasteiger partial charge >= 0.3 is 0 Å². The maximum atomic E-state index is 10.3. The van der Waals surface area contributed by atoms with Crippen LogP contribution in [0.5, 0.6) is 0 Å². The van der Waals surface area contributed by atoms with Crippen LogP contribution in [0.4, 0.5) is 10.5 Å². The second-order valence-electron chi connectivity index (χ2n) is 2.68. The first-order valence-corrected chi connectivity index (χ1v) is 3.81. The first-order chi connectivity index (χ1) is 6.27. The summed E-state index contributed by atoms with van der Waals surface area (Å²) in [7, 11) is 0. The van der Waals surface area contributed by atoms with Crippen molar-refractivity contribution >= 4 is 22.6 Å². The lowest BCUT2D eigenvalue weighted by molar-refractivity contribution is -0.242. The maximum Gasteiger partial charge on any atom is 0.138 e. The lowest BCUT2D eigenvalue weighted by atomic mass is 10.2. The predicted octanol–water partition coefficient (Wildman–Crippen LogP) is 0.923. The number of anilines is 1. The molecule has 0 saturated carbocycles. The van der Waals surface area contributed by atoms with E-state index in [-0.39, 0.29) is 0 Å². The molecule has 0 aliphatic heterocycles. The summed E-state index contributed by atoms with van der Waals surface area (Å²) in [6, 6.07) is 5.36. The largest absolute Gasteiger partial charge is 0.530 e. The van der Waals surface area contributed by atoms with E-state index in [0.717, 1.165) is 10.8 Å². The Bertz CT molecular complexity index is 448. The van der Waals surface area contributed by atoms with E-state index in [2.05, 4.69) is 10.3 Å². The van der Waals surface area contributed by atoms with Gasteiger partial charge in [0.05, 0.1) is 0 Å². The van der Waals surface area contributed by atoms with E-state index in [1.807, 2.05) is 6.07 Å². The average Bonchev–Trinajstić information content (AvgIpc) is 2.51. The number of benzene rings is 1. The van der Waals surface area contributed by atoms with Crippen molar-refractivity contribution in [3.05, 3.63) is 30.6 Å². The molecule has 0 radical (unpaired) electrons. The fraction of sp³-hybridized carbons (Fsp3) is 0. The Morgan fingerprint density at radius 2 is 2.23 bits per heavy atom. The maximum absolute atomic E-state index is 10.3. The zero-order valence-electron chi connectivity index (χ0n) is 6.70. The highest BCUT2D eigenvalue weighted by molar-refractivity contribution is 5.98. The molecular formula is C9H7N2O2-. The summed E-state index contributed by atoms with van der Waals surface area (Å²) in [5.74, 6) is 0. The molecule has 1 heterocycles. The Balaban J connectivity index is 2.54. The quantitative estimate of drug-likeness (QED) is 0.676. The average molecular weight is 175 g/mol. The molecule has 2 aromatic rings. The number of carboxylic acid groups (broad SMARTS) is 1. The SMILES string of the molecule is O=C([O-])Nc1cccc2c[nH]cc12. The standard InChI is InChI=1S/C9H8N2O2/c12-9(13)11-8-3-1-2-6-4-10-5-7(6)8/h1-5,10-11H,(H,12,13)/p-1. The van der Waals surface area contributed by atoms with Gasteiger partial charge in [-0.3, -0.25) is 0 Å². The molecule has 1 amide bonds. The van der Waals surface area contributed by atoms with Crippen LogP contribution < -0.4 is 10.4 Å². The van der Waals surface area contributed by atoms with Crippen LogP contribution >= 0.6 is 0 Å². The first kappa shape index (κ1) is 7.67. The Hall–Kier alpha value is -1.97. The van der Waals surface area contributed by atoms with Gasteiger partial charge in [-0.05, 0) is 6.07 Å². The zero-order chi connectivity index (χ0) is 9.26. The van der Waals surface area contributed by atoms with Gasteiger partial charge in [-0.25, -0.2) is 0 Å². The lowest BCUT2D eigenvalue weighted by Crippen LogP contribution is -2.28. The van der Waals surface area contributed by atoms with Gasteiger partial charge in [0.1, 0.15) is 6.09 Å². The third-order valence-electron chi connectivity index (χ3n) is 1.84. The molecule has 66 valence electrons. The Labute approximate surface area is 74.2 Å². The molecule has 4 heteroatoms. The number of nitrogens with one attached hydrogen (secondary N) is 2. The molecule has 0 atom stereocenters. The summed E-state index contributed by atoms with van der Waals surface area (Å²) in [5.41, 5.74) is 0.541. The summed E-state index contributed by atoms with van der Waals surface area (Å²) in [5, 5.41) is 14.3. The van der Waals surface area contributed by atoms with E-state index in [1.54, 1.807) is 24.5 Å². The van der Waals surface area contributed by atoms with Gasteiger partial charge in [0.15, 0.2) is 0 Å². The molecule has 0 fully saturated rings. The monoisotopic (exact) mass is 175 g/mol. The van der Waals surface area contributed by atoms with E-state index >= 15 is 0 Å². The molecule has 1 aromatic heterocycles. The van der Waals surface area contributed by atoms with Gasteiger partial charge in [0.25, 0.3) is 0 Å². The number of carbonyl (C=O) groups is 1. The predicted molar refractivity (Wildman–Crippen MR) is 47.3 cm³/mol. The van der Waals surface area contributed by atoms with Crippen molar-refractivity contribution in [1.82, 2.24) is 4.98 Å². The Morgan fingerprint density at radius 3 is 3.00 bits per heavy atom. The first-order valence-electron chi connectivity index (χ1n) is 3.81. The number of fused-ring (bicyclic) bond motifs is 1. The minimum absolute atomic E-state index is 0.541. The third kappa shape index (κ3) is 1.33. The van der Waals surface area contributed by atoms with Gasteiger partial charge in [0.2, 0.25) is 0 Å². The van der Waals surface area contributed by atoms with Crippen LogP contribution in [0.2, 0.25) is 0 Å². The Morgan fingerprint density at radius 1 is 1.38 bits per heavy atom. The molecule has 4 nitrogen and oxygen atoms in total. The van der Waals surface area contributed by atoms with Gasteiger partial charge < -0.3 is 20.2 Å². The van der Waals surface area contributed by atoms with E-state index in [0.29, 0.717) is 5.69 Å². The number of rotatable bonds is 1. The van der Waals surface area contributed by atoms with Crippen LogP contribution in [0, 0.1) is 0 Å². The molecule has 0 bridgehead atoms. The van der Waals surface area contributed by atoms with Crippen LogP contribution in [-0.4, -0.2) is 11.1 Å². The topological polar surface area (TPSA) is 67.9 Å². The fourth-order valence-electron chi connectivity index (χ4n) is 1.30. The van der Waals surface area contributed by atoms with Crippen molar-refractivity contribution in [2.45, 2.75) is 0 Å². The smallest absolute Gasteiger partial charge is 0.138 e. The van der Waals surface area contributed by atoms with Crippen LogP contribution in [0.3, 0.4) is 0 Å². The van der Waals surface area contributed by atoms with E-state index < -0.39 is 6.09 Å². The van der Waals surface area contributed by atoms with Crippen molar-refractivity contribution < 1.29 is 9.90 Å². The lowest BCUT2D eigenvalue weighted by Gasteiger charge is -2.06. The number of carbonyl (C=O) groups excluding carboxylic acids is 1. The van der Waals surface area contributed by atoms with Crippen LogP contribution in [0.1, 0.15) is 0 Å². The molecule has 0 unspecified atom stereocenters. The van der Waals surface area contributed by atoms with Crippen molar-refractivity contribution in [2.75, 3.05) is 5.32 Å². The van der Waals surface area contributed by atoms with Crippen LogP contribution in [-0.2, 0) is 0 Å². The summed E-state index contributed by atoms with van der Waals surface area (Å²) >= 11 is 0. The highest BCUT2D eigenvalue weighted by Crippen LogP contribution is 2.22. The Kier molecular flexibility index (Phi) is 1.66. The molecule has 1 aromatic carbocycles. The van der Waals surface area contributed by atoms with Crippen molar-refractivity contribution in [3.63, 3.8) is 0 Å². The summed E-state index contributed by atoms with van der Waals surface area (Å²) in [6.07, 6.45) is 2.24. The number of H-pyrrole nitrogens is 1. The molecule has 2 N–H and O–H groups in total. The number of hydrogen-bond acceptors (Lipinski definition) is 2. The second-order valence-corrected chi connectivity index (χ2v) is 2.68. The van der Waals surface area contributed by atoms with E-state index in [4.69, 9.17) is 0 Å². The normalized spacial score (nSPS) is 10.2. The minimum Gasteiger partial charge on any atom is -0.530 e. The molecule has 0 spiro atoms. The van der Waals surface area contributed by atoms with Crippen molar-refractivity contribution in [3.8, 4) is 0 Å². The van der Waals surface area contributed by atoms with Crippen molar-refractivity contribution in [1.29, 1.82) is 0 Å². The second kappa shape index (κ2) is 2.82. The van der Waals surface area contributed by atoms with Crippen molar-refractivity contribution in [2.24, 2.45) is 0 Å². The fourth-order valence-corrected chi connectivity index (χ4v) is 1.30. The summed E-state index contributed by atoms with van der Waals surface area (Å²) in [6.45, 7) is 0. The van der Waals surface area contributed by atoms with E-state index in [1.165, 1.54) is 0 Å². The zero-order valence-corrected chi connectivity index (χ0v) is 6.70. The van der Waals surface area contributed by atoms with E-state index in [9.17, 15) is 9.90 Å². The van der Waals surface area contributed by atoms with Gasteiger partial charge in [0, 0.05) is 28.9 Å². The number of amides is 1. The van der Waals surface area contributed by atoms with Crippen LogP contribution in [0.15, 0.2) is 30.6 Å². The van der Waals surface area contributed by atoms with Gasteiger partial charge in [-0.2, -0.15) is 0 Å². The number of aromatic nitrogens is 1. The molecule has 0 aliphatic rings. The molecule has 2 rings (SSSR count). The molecule has 13 heavy (non-hydrogen) atoms. The van der Waals surface area contributed by atoms with Gasteiger partial charge in [-0.15, -0.1) is 0 Å². The molecule has 0 aliphatic carbocycles. The van der Waals surface area contributed by atoms with Crippen LogP contribution in [0.25, 0.3) is 10.8 Å². The molecular weight excluding hydrogens is 168 g/mol. The van der Waals surface area contributed by atoms with Gasteiger partial charge in [-0.1, -0.05) is 12.1 Å². The highest BCUT2D eigenvalue weighted by atomic mass is 16.4. The summed E-state index contributed by atoms with van der Waals surface area (Å²) < 4.78 is 0. The molecule has 0 saturated heterocycles. The minimum atomic E-state index is -1.30.